The number of hydrogen-bond donors (Lipinski definition) is 0. The molecule has 0 aliphatic heterocycles. The molecule has 80 valence electrons. The van der Waals surface area contributed by atoms with Crippen molar-refractivity contribution in [2.75, 3.05) is 14.2 Å². The fraction of sp³-hybridized carbons (Fsp3) is 0.909. The van der Waals surface area contributed by atoms with Crippen molar-refractivity contribution in [1.82, 2.24) is 0 Å². The third-order valence-corrected chi connectivity index (χ3v) is 3.98. The number of fused-ring (bicyclic) bond motifs is 1. The Morgan fingerprint density at radius 3 is 2.21 bits per heavy atom. The summed E-state index contributed by atoms with van der Waals surface area (Å²) in [7, 11) is 3.32. The molecule has 2 atom stereocenters. The number of Topliss-reactive ketones (excluding diaryl/α,β-unsaturated/α-hetero) is 1. The van der Waals surface area contributed by atoms with Crippen LogP contribution < -0.4 is 0 Å². The number of hydrogen-bond acceptors (Lipinski definition) is 3. The molecule has 3 heteroatoms. The molecule has 0 heterocycles. The van der Waals surface area contributed by atoms with Gasteiger partial charge in [-0.15, -0.1) is 0 Å². The first-order valence-electron chi connectivity index (χ1n) is 5.11. The Morgan fingerprint density at radius 2 is 1.79 bits per heavy atom. The number of ether oxygens (including phenoxy) is 2. The molecule has 0 amide bonds. The normalized spacial score (nSPS) is 37.9. The van der Waals surface area contributed by atoms with E-state index in [1.165, 1.54) is 0 Å². The number of ketones is 1. The SMILES string of the molecule is COC1(OC)CC2C(=O)C(C)(C)CC21. The molecular weight excluding hydrogens is 180 g/mol. The second-order valence-corrected chi connectivity index (χ2v) is 5.09. The Balaban J connectivity index is 2.21. The van der Waals surface area contributed by atoms with Crippen LogP contribution in [-0.2, 0) is 14.3 Å². The van der Waals surface area contributed by atoms with Crippen molar-refractivity contribution >= 4 is 5.78 Å². The topological polar surface area (TPSA) is 35.5 Å². The van der Waals surface area contributed by atoms with E-state index in [1.54, 1.807) is 14.2 Å². The van der Waals surface area contributed by atoms with E-state index < -0.39 is 5.79 Å². The van der Waals surface area contributed by atoms with E-state index >= 15 is 0 Å². The summed E-state index contributed by atoms with van der Waals surface area (Å²) in [5.74, 6) is 0.339. The lowest BCUT2D eigenvalue weighted by Gasteiger charge is -2.48. The first-order valence-corrected chi connectivity index (χ1v) is 5.11. The first-order chi connectivity index (χ1) is 6.47. The summed E-state index contributed by atoms with van der Waals surface area (Å²) in [6, 6.07) is 0. The van der Waals surface area contributed by atoms with Crippen molar-refractivity contribution in [1.29, 1.82) is 0 Å². The molecule has 0 aromatic heterocycles. The molecule has 0 aromatic rings. The summed E-state index contributed by atoms with van der Waals surface area (Å²) in [6.45, 7) is 4.04. The zero-order valence-electron chi connectivity index (χ0n) is 9.29. The molecular formula is C11H18O3. The van der Waals surface area contributed by atoms with Crippen LogP contribution in [0.3, 0.4) is 0 Å². The highest BCUT2D eigenvalue weighted by atomic mass is 16.7. The number of rotatable bonds is 2. The molecule has 2 unspecified atom stereocenters. The quantitative estimate of drug-likeness (QED) is 0.632. The zero-order valence-corrected chi connectivity index (χ0v) is 9.29. The maximum atomic E-state index is 11.9. The minimum Gasteiger partial charge on any atom is -0.353 e. The Hall–Kier alpha value is -0.410. The third kappa shape index (κ3) is 1.03. The average molecular weight is 198 g/mol. The van der Waals surface area contributed by atoms with Gasteiger partial charge in [0.1, 0.15) is 5.78 Å². The Labute approximate surface area is 84.8 Å². The van der Waals surface area contributed by atoms with E-state index in [0.29, 0.717) is 5.78 Å². The van der Waals surface area contributed by atoms with Crippen molar-refractivity contribution < 1.29 is 14.3 Å². The minimum absolute atomic E-state index is 0.171. The third-order valence-electron chi connectivity index (χ3n) is 3.98. The van der Waals surface area contributed by atoms with Gasteiger partial charge in [-0.2, -0.15) is 0 Å². The molecule has 2 aliphatic carbocycles. The van der Waals surface area contributed by atoms with Gasteiger partial charge >= 0.3 is 0 Å². The highest BCUT2D eigenvalue weighted by molar-refractivity contribution is 5.90. The molecule has 2 saturated carbocycles. The Kier molecular flexibility index (Phi) is 2.02. The van der Waals surface area contributed by atoms with E-state index in [0.717, 1.165) is 12.8 Å². The van der Waals surface area contributed by atoms with Crippen molar-refractivity contribution in [3.8, 4) is 0 Å². The number of methoxy groups -OCH3 is 2. The molecule has 2 rings (SSSR count). The van der Waals surface area contributed by atoms with Crippen molar-refractivity contribution in [3.05, 3.63) is 0 Å². The average Bonchev–Trinajstić information content (AvgIpc) is 2.30. The van der Waals surface area contributed by atoms with E-state index in [-0.39, 0.29) is 17.3 Å². The van der Waals surface area contributed by atoms with Crippen molar-refractivity contribution in [3.63, 3.8) is 0 Å². The van der Waals surface area contributed by atoms with Gasteiger partial charge in [-0.3, -0.25) is 4.79 Å². The van der Waals surface area contributed by atoms with Gasteiger partial charge in [0.2, 0.25) is 0 Å². The maximum absolute atomic E-state index is 11.9. The van der Waals surface area contributed by atoms with Gasteiger partial charge in [-0.25, -0.2) is 0 Å². The van der Waals surface area contributed by atoms with Gasteiger partial charge in [0, 0.05) is 37.9 Å². The van der Waals surface area contributed by atoms with Crippen LogP contribution in [0.4, 0.5) is 0 Å². The molecule has 0 N–H and O–H groups in total. The predicted octanol–water partition coefficient (Wildman–Crippen LogP) is 1.61. The maximum Gasteiger partial charge on any atom is 0.171 e. The fourth-order valence-corrected chi connectivity index (χ4v) is 3.02. The van der Waals surface area contributed by atoms with Gasteiger partial charge in [0.05, 0.1) is 0 Å². The Bertz CT molecular complexity index is 266. The minimum atomic E-state index is -0.478. The van der Waals surface area contributed by atoms with E-state index in [2.05, 4.69) is 0 Å². The lowest BCUT2D eigenvalue weighted by atomic mass is 9.69. The largest absolute Gasteiger partial charge is 0.353 e. The second kappa shape index (κ2) is 2.80. The van der Waals surface area contributed by atoms with E-state index in [4.69, 9.17) is 9.47 Å². The summed E-state index contributed by atoms with van der Waals surface area (Å²) in [5, 5.41) is 0. The molecule has 0 saturated heterocycles. The van der Waals surface area contributed by atoms with E-state index in [9.17, 15) is 4.79 Å². The van der Waals surface area contributed by atoms with Crippen LogP contribution in [0.15, 0.2) is 0 Å². The highest BCUT2D eigenvalue weighted by Crippen LogP contribution is 2.59. The van der Waals surface area contributed by atoms with Crippen LogP contribution in [0.5, 0.6) is 0 Å². The van der Waals surface area contributed by atoms with Crippen molar-refractivity contribution in [2.45, 2.75) is 32.5 Å². The molecule has 0 radical (unpaired) electrons. The smallest absolute Gasteiger partial charge is 0.171 e. The van der Waals surface area contributed by atoms with E-state index in [1.807, 2.05) is 13.8 Å². The van der Waals surface area contributed by atoms with Crippen molar-refractivity contribution in [2.24, 2.45) is 17.3 Å². The van der Waals surface area contributed by atoms with Gasteiger partial charge in [0.25, 0.3) is 0 Å². The summed E-state index contributed by atoms with van der Waals surface area (Å²) in [4.78, 5) is 11.9. The predicted molar refractivity (Wildman–Crippen MR) is 51.8 cm³/mol. The molecule has 2 aliphatic rings. The summed E-state index contributed by atoms with van der Waals surface area (Å²) < 4.78 is 10.8. The summed E-state index contributed by atoms with van der Waals surface area (Å²) >= 11 is 0. The van der Waals surface area contributed by atoms with Gasteiger partial charge < -0.3 is 9.47 Å². The van der Waals surface area contributed by atoms with Gasteiger partial charge in [-0.05, 0) is 6.42 Å². The van der Waals surface area contributed by atoms with Crippen LogP contribution in [0, 0.1) is 17.3 Å². The monoisotopic (exact) mass is 198 g/mol. The van der Waals surface area contributed by atoms with Gasteiger partial charge in [-0.1, -0.05) is 13.8 Å². The zero-order chi connectivity index (χ0) is 10.6. The standard InChI is InChI=1S/C11H18O3/c1-10(2)6-8-7(9(10)12)5-11(8,13-3)14-4/h7-8H,5-6H2,1-4H3. The molecule has 0 bridgehead atoms. The number of carbonyl (C=O) groups is 1. The fourth-order valence-electron chi connectivity index (χ4n) is 3.02. The van der Waals surface area contributed by atoms with Crippen LogP contribution in [0.2, 0.25) is 0 Å². The Morgan fingerprint density at radius 1 is 1.21 bits per heavy atom. The highest BCUT2D eigenvalue weighted by Gasteiger charge is 2.65. The molecule has 14 heavy (non-hydrogen) atoms. The second-order valence-electron chi connectivity index (χ2n) is 5.09. The summed E-state index contributed by atoms with van der Waals surface area (Å²) in [5.41, 5.74) is -0.186. The van der Waals surface area contributed by atoms with Crippen LogP contribution in [0.25, 0.3) is 0 Å². The molecule has 2 fully saturated rings. The van der Waals surface area contributed by atoms with Gasteiger partial charge in [0.15, 0.2) is 5.79 Å². The molecule has 3 nitrogen and oxygen atoms in total. The van der Waals surface area contributed by atoms with Crippen LogP contribution in [0.1, 0.15) is 26.7 Å². The van der Waals surface area contributed by atoms with Crippen LogP contribution >= 0.6 is 0 Å². The summed E-state index contributed by atoms with van der Waals surface area (Å²) in [6.07, 6.45) is 1.62. The lowest BCUT2D eigenvalue weighted by Crippen LogP contribution is -2.55. The first kappa shape index (κ1) is 10.1. The molecule has 0 aromatic carbocycles. The number of carbonyl (C=O) groups excluding carboxylic acids is 1. The lowest BCUT2D eigenvalue weighted by molar-refractivity contribution is -0.300. The van der Waals surface area contributed by atoms with Crippen LogP contribution in [-0.4, -0.2) is 25.8 Å². The molecule has 0 spiro atoms.